The van der Waals surface area contributed by atoms with Crippen LogP contribution in [0.5, 0.6) is 17.2 Å². The van der Waals surface area contributed by atoms with E-state index in [0.29, 0.717) is 18.0 Å². The Hall–Kier alpha value is -3.13. The first-order valence-electron chi connectivity index (χ1n) is 8.69. The van der Waals surface area contributed by atoms with Gasteiger partial charge in [0.25, 0.3) is 11.6 Å². The number of carbonyl (C=O) groups excluding carboxylic acids is 1. The molecule has 2 N–H and O–H groups in total. The third-order valence-electron chi connectivity index (χ3n) is 4.34. The molecule has 8 nitrogen and oxygen atoms in total. The predicted molar refractivity (Wildman–Crippen MR) is 99.5 cm³/mol. The Balaban J connectivity index is 1.85. The quantitative estimate of drug-likeness (QED) is 0.598. The summed E-state index contributed by atoms with van der Waals surface area (Å²) in [6.45, 7) is 1.60. The van der Waals surface area contributed by atoms with Crippen molar-refractivity contribution in [3.63, 3.8) is 0 Å². The van der Waals surface area contributed by atoms with Crippen LogP contribution in [0.2, 0.25) is 0 Å². The van der Waals surface area contributed by atoms with Gasteiger partial charge in [0.2, 0.25) is 0 Å². The summed E-state index contributed by atoms with van der Waals surface area (Å²) in [5.41, 5.74) is -0.0328. The lowest BCUT2D eigenvalue weighted by Crippen LogP contribution is -2.45. The fraction of sp³-hybridized carbons (Fsp3) is 0.316. The summed E-state index contributed by atoms with van der Waals surface area (Å²) in [4.78, 5) is 23.3. The van der Waals surface area contributed by atoms with Gasteiger partial charge in [-0.1, -0.05) is 0 Å². The van der Waals surface area contributed by atoms with Crippen molar-refractivity contribution >= 4 is 11.6 Å². The van der Waals surface area contributed by atoms with Gasteiger partial charge in [-0.05, 0) is 49.7 Å². The van der Waals surface area contributed by atoms with Gasteiger partial charge >= 0.3 is 0 Å². The van der Waals surface area contributed by atoms with E-state index < -0.39 is 10.8 Å². The number of nitrogens with one attached hydrogen (secondary N) is 2. The SMILES string of the molecule is COc1ccc(Oc2ccc([N+](=O)[O-])cc2C(=O)N[C@H]2CCCNC2)cc1. The van der Waals surface area contributed by atoms with Crippen molar-refractivity contribution in [3.8, 4) is 17.2 Å². The molecule has 0 unspecified atom stereocenters. The van der Waals surface area contributed by atoms with E-state index in [1.165, 1.54) is 18.2 Å². The Labute approximate surface area is 156 Å². The minimum atomic E-state index is -0.532. The molecular weight excluding hydrogens is 350 g/mol. The van der Waals surface area contributed by atoms with Crippen molar-refractivity contribution in [2.75, 3.05) is 20.2 Å². The molecule has 1 aliphatic heterocycles. The number of benzene rings is 2. The fourth-order valence-corrected chi connectivity index (χ4v) is 2.91. The average molecular weight is 371 g/mol. The number of nitro groups is 1. The molecule has 1 heterocycles. The number of hydrogen-bond donors (Lipinski definition) is 2. The number of piperidine rings is 1. The molecule has 0 radical (unpaired) electrons. The topological polar surface area (TPSA) is 103 Å². The predicted octanol–water partition coefficient (Wildman–Crippen LogP) is 2.88. The zero-order valence-electron chi connectivity index (χ0n) is 14.9. The van der Waals surface area contributed by atoms with Crippen molar-refractivity contribution in [2.45, 2.75) is 18.9 Å². The summed E-state index contributed by atoms with van der Waals surface area (Å²) >= 11 is 0. The van der Waals surface area contributed by atoms with Crippen LogP contribution in [0, 0.1) is 10.1 Å². The highest BCUT2D eigenvalue weighted by molar-refractivity contribution is 5.98. The molecule has 0 saturated carbocycles. The van der Waals surface area contributed by atoms with Gasteiger partial charge in [0.05, 0.1) is 17.6 Å². The van der Waals surface area contributed by atoms with Gasteiger partial charge in [-0.3, -0.25) is 14.9 Å². The summed E-state index contributed by atoms with van der Waals surface area (Å²) in [5.74, 6) is 1.04. The molecule has 1 amide bonds. The number of ether oxygens (including phenoxy) is 2. The van der Waals surface area contributed by atoms with Crippen LogP contribution in [-0.4, -0.2) is 37.1 Å². The minimum Gasteiger partial charge on any atom is -0.497 e. The van der Waals surface area contributed by atoms with Crippen molar-refractivity contribution in [2.24, 2.45) is 0 Å². The molecule has 1 fully saturated rings. The molecule has 2 aromatic carbocycles. The second-order valence-electron chi connectivity index (χ2n) is 6.23. The van der Waals surface area contributed by atoms with Crippen LogP contribution < -0.4 is 20.1 Å². The van der Waals surface area contributed by atoms with Gasteiger partial charge in [0.15, 0.2) is 0 Å². The number of rotatable bonds is 6. The van der Waals surface area contributed by atoms with E-state index in [1.54, 1.807) is 31.4 Å². The molecule has 27 heavy (non-hydrogen) atoms. The monoisotopic (exact) mass is 371 g/mol. The first-order valence-corrected chi connectivity index (χ1v) is 8.69. The Bertz CT molecular complexity index is 817. The first-order chi connectivity index (χ1) is 13.1. The van der Waals surface area contributed by atoms with Crippen molar-refractivity contribution in [1.82, 2.24) is 10.6 Å². The lowest BCUT2D eigenvalue weighted by atomic mass is 10.1. The van der Waals surface area contributed by atoms with Crippen LogP contribution in [0.1, 0.15) is 23.2 Å². The molecule has 3 rings (SSSR count). The van der Waals surface area contributed by atoms with Crippen LogP contribution in [-0.2, 0) is 0 Å². The maximum atomic E-state index is 12.7. The third-order valence-corrected chi connectivity index (χ3v) is 4.34. The molecule has 1 saturated heterocycles. The first kappa shape index (κ1) is 18.7. The fourth-order valence-electron chi connectivity index (χ4n) is 2.91. The minimum absolute atomic E-state index is 0.0145. The standard InChI is InChI=1S/C19H21N3O5/c1-26-15-5-7-16(8-6-15)27-18-9-4-14(22(24)25)11-17(18)19(23)21-13-3-2-10-20-12-13/h4-9,11,13,20H,2-3,10,12H2,1H3,(H,21,23)/t13-/m0/s1. The Morgan fingerprint density at radius 1 is 1.22 bits per heavy atom. The maximum absolute atomic E-state index is 12.7. The average Bonchev–Trinajstić information content (AvgIpc) is 2.69. The summed E-state index contributed by atoms with van der Waals surface area (Å²) < 4.78 is 10.9. The van der Waals surface area contributed by atoms with Crippen LogP contribution in [0.3, 0.4) is 0 Å². The molecule has 0 spiro atoms. The van der Waals surface area contributed by atoms with Gasteiger partial charge in [0.1, 0.15) is 17.2 Å². The molecule has 142 valence electrons. The van der Waals surface area contributed by atoms with Crippen LogP contribution >= 0.6 is 0 Å². The molecule has 1 atom stereocenters. The Morgan fingerprint density at radius 3 is 2.59 bits per heavy atom. The molecule has 0 bridgehead atoms. The molecule has 1 aliphatic rings. The Kier molecular flexibility index (Phi) is 5.87. The van der Waals surface area contributed by atoms with Crippen molar-refractivity contribution in [3.05, 3.63) is 58.1 Å². The molecule has 2 aromatic rings. The lowest BCUT2D eigenvalue weighted by Gasteiger charge is -2.24. The van der Waals surface area contributed by atoms with E-state index in [-0.39, 0.29) is 23.0 Å². The van der Waals surface area contributed by atoms with Crippen LogP contribution in [0.15, 0.2) is 42.5 Å². The summed E-state index contributed by atoms with van der Waals surface area (Å²) in [5, 5.41) is 17.3. The van der Waals surface area contributed by atoms with E-state index in [4.69, 9.17) is 9.47 Å². The number of nitrogens with zero attached hydrogens (tertiary/aromatic N) is 1. The number of methoxy groups -OCH3 is 1. The van der Waals surface area contributed by atoms with Gasteiger partial charge in [-0.15, -0.1) is 0 Å². The summed E-state index contributed by atoms with van der Waals surface area (Å²) in [6.07, 6.45) is 1.83. The van der Waals surface area contributed by atoms with Gasteiger partial charge < -0.3 is 20.1 Å². The number of hydrogen-bond acceptors (Lipinski definition) is 6. The second-order valence-corrected chi connectivity index (χ2v) is 6.23. The number of non-ortho nitro benzene ring substituents is 1. The van der Waals surface area contributed by atoms with Crippen LogP contribution in [0.4, 0.5) is 5.69 Å². The highest BCUT2D eigenvalue weighted by atomic mass is 16.6. The number of carbonyl (C=O) groups is 1. The highest BCUT2D eigenvalue weighted by Gasteiger charge is 2.22. The van der Waals surface area contributed by atoms with Gasteiger partial charge in [0, 0.05) is 24.7 Å². The maximum Gasteiger partial charge on any atom is 0.270 e. The molecule has 0 aromatic heterocycles. The van der Waals surface area contributed by atoms with Crippen molar-refractivity contribution in [1.29, 1.82) is 0 Å². The van der Waals surface area contributed by atoms with Crippen molar-refractivity contribution < 1.29 is 19.2 Å². The Morgan fingerprint density at radius 2 is 1.96 bits per heavy atom. The van der Waals surface area contributed by atoms with Crippen LogP contribution in [0.25, 0.3) is 0 Å². The molecule has 0 aliphatic carbocycles. The van der Waals surface area contributed by atoms with Gasteiger partial charge in [-0.2, -0.15) is 0 Å². The smallest absolute Gasteiger partial charge is 0.270 e. The molecule has 8 heteroatoms. The number of nitro benzene ring substituents is 1. The normalized spacial score (nSPS) is 16.4. The van der Waals surface area contributed by atoms with E-state index >= 15 is 0 Å². The lowest BCUT2D eigenvalue weighted by molar-refractivity contribution is -0.384. The summed E-state index contributed by atoms with van der Waals surface area (Å²) in [6, 6.07) is 10.8. The van der Waals surface area contributed by atoms with E-state index in [1.807, 2.05) is 0 Å². The molecular formula is C19H21N3O5. The van der Waals surface area contributed by atoms with E-state index in [0.717, 1.165) is 19.4 Å². The second kappa shape index (κ2) is 8.50. The highest BCUT2D eigenvalue weighted by Crippen LogP contribution is 2.30. The van der Waals surface area contributed by atoms with Gasteiger partial charge in [-0.25, -0.2) is 0 Å². The zero-order chi connectivity index (χ0) is 19.2. The zero-order valence-corrected chi connectivity index (χ0v) is 14.9. The van der Waals surface area contributed by atoms with E-state index in [2.05, 4.69) is 10.6 Å². The van der Waals surface area contributed by atoms with E-state index in [9.17, 15) is 14.9 Å². The summed E-state index contributed by atoms with van der Waals surface area (Å²) in [7, 11) is 1.56. The third kappa shape index (κ3) is 4.73. The largest absolute Gasteiger partial charge is 0.497 e. The number of amides is 1.